The predicted octanol–water partition coefficient (Wildman–Crippen LogP) is 5.94. The molecule has 0 aromatic heterocycles. The van der Waals surface area contributed by atoms with Gasteiger partial charge in [-0.1, -0.05) is 109 Å². The van der Waals surface area contributed by atoms with E-state index in [1.807, 2.05) is 30.3 Å². The van der Waals surface area contributed by atoms with E-state index in [2.05, 4.69) is 82.7 Å². The van der Waals surface area contributed by atoms with E-state index in [0.717, 1.165) is 43.4 Å². The predicted molar refractivity (Wildman–Crippen MR) is 200 cm³/mol. The molecule has 0 radical (unpaired) electrons. The van der Waals surface area contributed by atoms with Crippen molar-refractivity contribution in [2.24, 2.45) is 17.6 Å². The van der Waals surface area contributed by atoms with Crippen LogP contribution in [0, 0.1) is 11.8 Å². The molecule has 2 amide bonds. The average molecular weight is 677 g/mol. The molecule has 0 fully saturated rings. The zero-order chi connectivity index (χ0) is 35.2. The van der Waals surface area contributed by atoms with Crippen molar-refractivity contribution in [3.8, 4) is 0 Å². The van der Waals surface area contributed by atoms with Crippen LogP contribution in [-0.2, 0) is 32.9 Å². The number of unbranched alkanes of at least 4 members (excludes halogenated alkanes) is 1. The Labute approximate surface area is 296 Å². The molecule has 8 nitrogen and oxygen atoms in total. The third-order valence-electron chi connectivity index (χ3n) is 10.0. The Hall–Kier alpha value is -4.34. The number of methoxy groups -OCH3 is 1. The van der Waals surface area contributed by atoms with Gasteiger partial charge in [-0.25, -0.2) is 0 Å². The van der Waals surface area contributed by atoms with Crippen molar-refractivity contribution in [2.45, 2.75) is 75.3 Å². The lowest BCUT2D eigenvalue weighted by Gasteiger charge is -2.48. The molecule has 0 heterocycles. The Bertz CT molecular complexity index is 1590. The van der Waals surface area contributed by atoms with Crippen molar-refractivity contribution in [3.63, 3.8) is 0 Å². The number of anilines is 1. The average Bonchev–Trinajstić information content (AvgIpc) is 3.17. The highest BCUT2D eigenvalue weighted by Gasteiger charge is 2.45. The van der Waals surface area contributed by atoms with Gasteiger partial charge in [-0.3, -0.25) is 9.59 Å². The molecule has 3 aromatic rings. The number of hydrogen-bond acceptors (Lipinski definition) is 6. The molecule has 0 saturated heterocycles. The Morgan fingerprint density at radius 2 is 1.60 bits per heavy atom. The van der Waals surface area contributed by atoms with Gasteiger partial charge in [0.15, 0.2) is 0 Å². The first kappa shape index (κ1) is 36.9. The molecule has 3 aromatic carbocycles. The van der Waals surface area contributed by atoms with Crippen molar-refractivity contribution >= 4 is 17.5 Å². The third kappa shape index (κ3) is 9.67. The summed E-state index contributed by atoms with van der Waals surface area (Å²) in [6, 6.07) is 25.9. The van der Waals surface area contributed by atoms with Crippen LogP contribution in [0.25, 0.3) is 0 Å². The molecular weight excluding hydrogens is 624 g/mol. The fraction of sp³-hybridized carbons (Fsp3) is 0.381. The largest absolute Gasteiger partial charge is 0.392 e. The molecule has 5 rings (SSSR count). The van der Waals surface area contributed by atoms with E-state index in [4.69, 9.17) is 10.5 Å². The number of nitrogens with two attached hydrogens (primary N) is 1. The molecule has 6 atom stereocenters. The Balaban J connectivity index is 1.29. The van der Waals surface area contributed by atoms with Crippen molar-refractivity contribution in [1.29, 1.82) is 0 Å². The van der Waals surface area contributed by atoms with Crippen molar-refractivity contribution in [3.05, 3.63) is 138 Å². The minimum atomic E-state index is -0.788. The number of amides is 2. The van der Waals surface area contributed by atoms with E-state index in [0.29, 0.717) is 24.9 Å². The molecular formula is C42H52N4O4. The molecule has 264 valence electrons. The molecule has 8 heteroatoms. The highest BCUT2D eigenvalue weighted by Crippen LogP contribution is 2.45. The zero-order valence-corrected chi connectivity index (χ0v) is 29.0. The number of allylic oxidation sites excluding steroid dienone is 3. The van der Waals surface area contributed by atoms with Crippen LogP contribution in [-0.4, -0.2) is 48.8 Å². The van der Waals surface area contributed by atoms with E-state index in [-0.39, 0.29) is 41.9 Å². The van der Waals surface area contributed by atoms with Crippen LogP contribution in [0.15, 0.2) is 121 Å². The summed E-state index contributed by atoms with van der Waals surface area (Å²) < 4.78 is 5.66. The molecule has 0 spiro atoms. The molecule has 0 saturated carbocycles. The SMILES string of the molecule is COC1C=CC(C(NCCCC[C@H](NC(=O)C(N)Cc2ccccc2)C(=O)Nc2ccc(CO)cc2)(c2ccccc2)C2C=CC=CC2)CC1. The first-order chi connectivity index (χ1) is 24.4. The molecule has 50 heavy (non-hydrogen) atoms. The summed E-state index contributed by atoms with van der Waals surface area (Å²) in [5, 5.41) is 19.4. The van der Waals surface area contributed by atoms with E-state index in [1.54, 1.807) is 31.4 Å². The number of ether oxygens (including phenoxy) is 1. The molecule has 2 aliphatic rings. The second-order valence-corrected chi connectivity index (χ2v) is 13.4. The second-order valence-electron chi connectivity index (χ2n) is 13.4. The van der Waals surface area contributed by atoms with Crippen molar-refractivity contribution in [2.75, 3.05) is 19.0 Å². The standard InChI is InChI=1S/C42H52N4O4/c1-50-37-26-22-35(23-27-37)42(33-15-7-3-8-16-33,34-17-9-4-10-18-34)44-28-12-11-19-39(41(49)45-36-24-20-32(30-47)21-25-36)46-40(48)38(43)29-31-13-5-2-6-14-31/h2-10,13-17,20-22,24-26,34-35,37-39,44,47H,11-12,18-19,23,27-30,43H2,1H3,(H,45,49)(H,46,48)/t34?,35?,37?,38?,39-,42?/m0/s1. The van der Waals surface area contributed by atoms with Gasteiger partial charge in [-0.15, -0.1) is 0 Å². The van der Waals surface area contributed by atoms with E-state index >= 15 is 0 Å². The van der Waals surface area contributed by atoms with Crippen LogP contribution < -0.4 is 21.7 Å². The van der Waals surface area contributed by atoms with Gasteiger partial charge in [0.1, 0.15) is 6.04 Å². The van der Waals surface area contributed by atoms with Crippen LogP contribution in [0.5, 0.6) is 0 Å². The lowest BCUT2D eigenvalue weighted by atomic mass is 9.64. The molecule has 2 aliphatic carbocycles. The number of carbonyl (C=O) groups is 2. The number of hydrogen-bond donors (Lipinski definition) is 5. The van der Waals surface area contributed by atoms with Gasteiger partial charge in [-0.05, 0) is 86.2 Å². The maximum Gasteiger partial charge on any atom is 0.246 e. The smallest absolute Gasteiger partial charge is 0.246 e. The quantitative estimate of drug-likeness (QED) is 0.0891. The number of nitrogens with one attached hydrogen (secondary N) is 3. The summed E-state index contributed by atoms with van der Waals surface area (Å²) in [5.74, 6) is -0.141. The monoisotopic (exact) mass is 676 g/mol. The molecule has 0 aliphatic heterocycles. The van der Waals surface area contributed by atoms with Gasteiger partial charge in [-0.2, -0.15) is 0 Å². The van der Waals surface area contributed by atoms with Gasteiger partial charge in [0.05, 0.1) is 24.3 Å². The molecule has 0 bridgehead atoms. The van der Waals surface area contributed by atoms with Gasteiger partial charge in [0.25, 0.3) is 0 Å². The van der Waals surface area contributed by atoms with Crippen molar-refractivity contribution in [1.82, 2.24) is 10.6 Å². The fourth-order valence-electron chi connectivity index (χ4n) is 7.27. The maximum absolute atomic E-state index is 13.6. The minimum Gasteiger partial charge on any atom is -0.392 e. The van der Waals surface area contributed by atoms with Gasteiger partial charge >= 0.3 is 0 Å². The van der Waals surface area contributed by atoms with Crippen LogP contribution in [0.4, 0.5) is 5.69 Å². The summed E-state index contributed by atoms with van der Waals surface area (Å²) in [6.45, 7) is 0.656. The second kappa shape index (κ2) is 18.6. The first-order valence-electron chi connectivity index (χ1n) is 17.9. The lowest BCUT2D eigenvalue weighted by Crippen LogP contribution is -2.54. The van der Waals surface area contributed by atoms with E-state index in [1.165, 1.54) is 5.56 Å². The van der Waals surface area contributed by atoms with E-state index < -0.39 is 12.1 Å². The Morgan fingerprint density at radius 1 is 0.860 bits per heavy atom. The van der Waals surface area contributed by atoms with Gasteiger partial charge in [0, 0.05) is 18.7 Å². The number of carbonyl (C=O) groups excluding carboxylic acids is 2. The minimum absolute atomic E-state index is 0.0791. The van der Waals surface area contributed by atoms with E-state index in [9.17, 15) is 14.7 Å². The number of rotatable bonds is 17. The summed E-state index contributed by atoms with van der Waals surface area (Å²) in [5.41, 5.74) is 9.57. The van der Waals surface area contributed by atoms with Gasteiger partial charge in [0.2, 0.25) is 11.8 Å². The zero-order valence-electron chi connectivity index (χ0n) is 29.0. The number of aliphatic hydroxyl groups is 1. The highest BCUT2D eigenvalue weighted by atomic mass is 16.5. The third-order valence-corrected chi connectivity index (χ3v) is 10.0. The lowest BCUT2D eigenvalue weighted by molar-refractivity contribution is -0.127. The molecule has 5 unspecified atom stereocenters. The fourth-order valence-corrected chi connectivity index (χ4v) is 7.27. The Morgan fingerprint density at radius 3 is 2.24 bits per heavy atom. The van der Waals surface area contributed by atoms with Crippen molar-refractivity contribution < 1.29 is 19.4 Å². The number of aliphatic hydroxyl groups excluding tert-OH is 1. The summed E-state index contributed by atoms with van der Waals surface area (Å²) in [6.07, 6.45) is 18.8. The van der Waals surface area contributed by atoms with Crippen LogP contribution in [0.2, 0.25) is 0 Å². The van der Waals surface area contributed by atoms with Crippen LogP contribution in [0.1, 0.15) is 55.2 Å². The Kier molecular flexibility index (Phi) is 13.7. The summed E-state index contributed by atoms with van der Waals surface area (Å²) >= 11 is 0. The van der Waals surface area contributed by atoms with Crippen LogP contribution in [0.3, 0.4) is 0 Å². The normalized spacial score (nSPS) is 20.8. The summed E-state index contributed by atoms with van der Waals surface area (Å²) in [7, 11) is 1.77. The highest BCUT2D eigenvalue weighted by molar-refractivity contribution is 5.97. The summed E-state index contributed by atoms with van der Waals surface area (Å²) in [4.78, 5) is 26.9. The first-order valence-corrected chi connectivity index (χ1v) is 17.9. The topological polar surface area (TPSA) is 126 Å². The van der Waals surface area contributed by atoms with Crippen LogP contribution >= 0.6 is 0 Å². The molecule has 6 N–H and O–H groups in total. The van der Waals surface area contributed by atoms with Gasteiger partial charge < -0.3 is 31.5 Å². The number of benzene rings is 3. The maximum atomic E-state index is 13.6.